The molecule has 0 amide bonds. The van der Waals surface area contributed by atoms with Gasteiger partial charge < -0.3 is 10.1 Å². The third-order valence-corrected chi connectivity index (χ3v) is 2.68. The monoisotopic (exact) mass is 243 g/mol. The average Bonchev–Trinajstić information content (AvgIpc) is 2.42. The number of nitrogens with zero attached hydrogens (tertiary/aromatic N) is 2. The predicted octanol–water partition coefficient (Wildman–Crippen LogP) is 2.45. The first-order valence-electron chi connectivity index (χ1n) is 5.95. The van der Waals surface area contributed by atoms with Gasteiger partial charge in [-0.05, 0) is 43.2 Å². The van der Waals surface area contributed by atoms with Gasteiger partial charge in [0.1, 0.15) is 11.6 Å². The number of nitrogens with one attached hydrogen (secondary N) is 1. The van der Waals surface area contributed by atoms with Gasteiger partial charge >= 0.3 is 0 Å². The molecule has 0 aliphatic rings. The molecule has 4 nitrogen and oxygen atoms in total. The van der Waals surface area contributed by atoms with Crippen molar-refractivity contribution >= 4 is 5.82 Å². The van der Waals surface area contributed by atoms with E-state index >= 15 is 0 Å². The number of aryl methyl sites for hydroxylation is 1. The minimum absolute atomic E-state index is 0.814. The number of anilines is 1. The summed E-state index contributed by atoms with van der Waals surface area (Å²) in [5, 5.41) is 11.3. The summed E-state index contributed by atoms with van der Waals surface area (Å²) in [5.74, 6) is 1.70. The zero-order chi connectivity index (χ0) is 12.8. The normalized spacial score (nSPS) is 10.1. The van der Waals surface area contributed by atoms with Gasteiger partial charge in [0.25, 0.3) is 0 Å². The van der Waals surface area contributed by atoms with Crippen LogP contribution in [0.2, 0.25) is 0 Å². The smallest absolute Gasteiger partial charge is 0.148 e. The molecule has 18 heavy (non-hydrogen) atoms. The van der Waals surface area contributed by atoms with Crippen LogP contribution in [0.1, 0.15) is 11.3 Å². The van der Waals surface area contributed by atoms with Crippen molar-refractivity contribution in [1.82, 2.24) is 10.2 Å². The molecule has 2 aromatic rings. The molecule has 94 valence electrons. The Hall–Kier alpha value is -2.10. The Morgan fingerprint density at radius 2 is 1.83 bits per heavy atom. The van der Waals surface area contributed by atoms with Crippen LogP contribution in [0.25, 0.3) is 0 Å². The van der Waals surface area contributed by atoms with Gasteiger partial charge in [-0.3, -0.25) is 0 Å². The fourth-order valence-electron chi connectivity index (χ4n) is 1.62. The first kappa shape index (κ1) is 12.4. The van der Waals surface area contributed by atoms with E-state index in [9.17, 15) is 0 Å². The van der Waals surface area contributed by atoms with Crippen molar-refractivity contribution in [3.8, 4) is 5.75 Å². The minimum atomic E-state index is 0.814. The number of hydrogen-bond acceptors (Lipinski definition) is 4. The minimum Gasteiger partial charge on any atom is -0.497 e. The molecular weight excluding hydrogens is 226 g/mol. The highest BCUT2D eigenvalue weighted by molar-refractivity contribution is 5.33. The first-order chi connectivity index (χ1) is 8.78. The lowest BCUT2D eigenvalue weighted by molar-refractivity contribution is 0.414. The molecule has 0 radical (unpaired) electrons. The maximum atomic E-state index is 5.12. The molecule has 0 unspecified atom stereocenters. The van der Waals surface area contributed by atoms with Crippen molar-refractivity contribution in [2.75, 3.05) is 19.0 Å². The van der Waals surface area contributed by atoms with Gasteiger partial charge in [-0.1, -0.05) is 12.1 Å². The van der Waals surface area contributed by atoms with E-state index in [1.807, 2.05) is 31.2 Å². The Labute approximate surface area is 107 Å². The highest BCUT2D eigenvalue weighted by Gasteiger charge is 1.96. The zero-order valence-electron chi connectivity index (χ0n) is 10.7. The zero-order valence-corrected chi connectivity index (χ0v) is 10.7. The van der Waals surface area contributed by atoms with E-state index in [1.54, 1.807) is 7.11 Å². The Morgan fingerprint density at radius 1 is 1.06 bits per heavy atom. The molecule has 0 aliphatic heterocycles. The molecule has 4 heteroatoms. The van der Waals surface area contributed by atoms with Gasteiger partial charge in [0.05, 0.1) is 12.8 Å². The molecule has 1 heterocycles. The summed E-state index contributed by atoms with van der Waals surface area (Å²) in [6, 6.07) is 12.0. The van der Waals surface area contributed by atoms with E-state index in [4.69, 9.17) is 4.74 Å². The summed E-state index contributed by atoms with van der Waals surface area (Å²) in [4.78, 5) is 0. The Kier molecular flexibility index (Phi) is 4.12. The molecule has 0 aliphatic carbocycles. The molecule has 0 fully saturated rings. The average molecular weight is 243 g/mol. The summed E-state index contributed by atoms with van der Waals surface area (Å²) < 4.78 is 5.12. The predicted molar refractivity (Wildman–Crippen MR) is 72.0 cm³/mol. The lowest BCUT2D eigenvalue weighted by Crippen LogP contribution is -2.07. The summed E-state index contributed by atoms with van der Waals surface area (Å²) in [7, 11) is 1.67. The summed E-state index contributed by atoms with van der Waals surface area (Å²) in [5.41, 5.74) is 2.19. The van der Waals surface area contributed by atoms with Gasteiger partial charge in [-0.2, -0.15) is 5.10 Å². The Morgan fingerprint density at radius 3 is 2.44 bits per heavy atom. The molecule has 1 aromatic carbocycles. The molecule has 0 saturated heterocycles. The van der Waals surface area contributed by atoms with Gasteiger partial charge in [-0.15, -0.1) is 5.10 Å². The quantitative estimate of drug-likeness (QED) is 0.876. The van der Waals surface area contributed by atoms with Crippen LogP contribution in [-0.4, -0.2) is 23.9 Å². The molecule has 0 saturated carbocycles. The van der Waals surface area contributed by atoms with Gasteiger partial charge in [0, 0.05) is 6.54 Å². The number of aromatic nitrogens is 2. The lowest BCUT2D eigenvalue weighted by atomic mass is 10.1. The fourth-order valence-corrected chi connectivity index (χ4v) is 1.62. The third kappa shape index (κ3) is 3.45. The number of benzene rings is 1. The van der Waals surface area contributed by atoms with Gasteiger partial charge in [0.15, 0.2) is 0 Å². The lowest BCUT2D eigenvalue weighted by Gasteiger charge is -2.06. The van der Waals surface area contributed by atoms with E-state index in [0.29, 0.717) is 0 Å². The second kappa shape index (κ2) is 6.00. The maximum absolute atomic E-state index is 5.12. The van der Waals surface area contributed by atoms with Crippen LogP contribution in [0, 0.1) is 6.92 Å². The third-order valence-electron chi connectivity index (χ3n) is 2.68. The van der Waals surface area contributed by atoms with E-state index < -0.39 is 0 Å². The topological polar surface area (TPSA) is 47.0 Å². The molecule has 2 rings (SSSR count). The SMILES string of the molecule is COc1ccc(CCNc2ccc(C)nn2)cc1. The van der Waals surface area contributed by atoms with Crippen LogP contribution in [0.3, 0.4) is 0 Å². The molecular formula is C14H17N3O. The van der Waals surface area contributed by atoms with E-state index in [1.165, 1.54) is 5.56 Å². The van der Waals surface area contributed by atoms with E-state index in [-0.39, 0.29) is 0 Å². The molecule has 0 spiro atoms. The maximum Gasteiger partial charge on any atom is 0.148 e. The van der Waals surface area contributed by atoms with E-state index in [0.717, 1.165) is 30.2 Å². The van der Waals surface area contributed by atoms with Crippen LogP contribution in [0.15, 0.2) is 36.4 Å². The van der Waals surface area contributed by atoms with Crippen molar-refractivity contribution in [2.45, 2.75) is 13.3 Å². The van der Waals surface area contributed by atoms with Crippen molar-refractivity contribution in [1.29, 1.82) is 0 Å². The summed E-state index contributed by atoms with van der Waals surface area (Å²) in [6.45, 7) is 2.76. The van der Waals surface area contributed by atoms with Crippen molar-refractivity contribution in [3.05, 3.63) is 47.7 Å². The highest BCUT2D eigenvalue weighted by Crippen LogP contribution is 2.11. The second-order valence-electron chi connectivity index (χ2n) is 4.08. The number of rotatable bonds is 5. The molecule has 1 N–H and O–H groups in total. The second-order valence-corrected chi connectivity index (χ2v) is 4.08. The molecule has 0 atom stereocenters. The van der Waals surface area contributed by atoms with Crippen LogP contribution < -0.4 is 10.1 Å². The summed E-state index contributed by atoms with van der Waals surface area (Å²) >= 11 is 0. The van der Waals surface area contributed by atoms with Gasteiger partial charge in [-0.25, -0.2) is 0 Å². The fraction of sp³-hybridized carbons (Fsp3) is 0.286. The largest absolute Gasteiger partial charge is 0.497 e. The van der Waals surface area contributed by atoms with Crippen molar-refractivity contribution < 1.29 is 4.74 Å². The molecule has 0 bridgehead atoms. The Balaban J connectivity index is 1.82. The standard InChI is InChI=1S/C14H17N3O/c1-11-3-8-14(17-16-11)15-10-9-12-4-6-13(18-2)7-5-12/h3-8H,9-10H2,1-2H3,(H,15,17). The number of hydrogen-bond donors (Lipinski definition) is 1. The summed E-state index contributed by atoms with van der Waals surface area (Å²) in [6.07, 6.45) is 0.944. The van der Waals surface area contributed by atoms with Crippen molar-refractivity contribution in [3.63, 3.8) is 0 Å². The number of methoxy groups -OCH3 is 1. The van der Waals surface area contributed by atoms with Crippen LogP contribution in [-0.2, 0) is 6.42 Å². The molecule has 1 aromatic heterocycles. The van der Waals surface area contributed by atoms with Crippen LogP contribution in [0.5, 0.6) is 5.75 Å². The van der Waals surface area contributed by atoms with Crippen LogP contribution >= 0.6 is 0 Å². The number of ether oxygens (including phenoxy) is 1. The van der Waals surface area contributed by atoms with Gasteiger partial charge in [0.2, 0.25) is 0 Å². The highest BCUT2D eigenvalue weighted by atomic mass is 16.5. The van der Waals surface area contributed by atoms with Crippen LogP contribution in [0.4, 0.5) is 5.82 Å². The van der Waals surface area contributed by atoms with Crippen molar-refractivity contribution in [2.24, 2.45) is 0 Å². The van der Waals surface area contributed by atoms with E-state index in [2.05, 4.69) is 27.6 Å². The first-order valence-corrected chi connectivity index (χ1v) is 5.95. The Bertz CT molecular complexity index is 479.